The van der Waals surface area contributed by atoms with Gasteiger partial charge in [0.15, 0.2) is 0 Å². The van der Waals surface area contributed by atoms with E-state index in [9.17, 15) is 4.79 Å². The molecule has 0 atom stereocenters. The zero-order chi connectivity index (χ0) is 12.5. The van der Waals surface area contributed by atoms with Crippen molar-refractivity contribution in [3.8, 4) is 11.4 Å². The molecule has 3 aromatic rings. The Labute approximate surface area is 106 Å². The van der Waals surface area contributed by atoms with E-state index in [1.165, 1.54) is 6.92 Å². The first kappa shape index (κ1) is 10.8. The van der Waals surface area contributed by atoms with E-state index in [1.807, 2.05) is 29.6 Å². The highest BCUT2D eigenvalue weighted by Gasteiger charge is 2.12. The van der Waals surface area contributed by atoms with Gasteiger partial charge >= 0.3 is 5.97 Å². The van der Waals surface area contributed by atoms with Crippen molar-refractivity contribution in [2.45, 2.75) is 6.92 Å². The van der Waals surface area contributed by atoms with Gasteiger partial charge in [0.05, 0.1) is 0 Å². The van der Waals surface area contributed by atoms with Crippen LogP contribution in [0.15, 0.2) is 29.6 Å². The summed E-state index contributed by atoms with van der Waals surface area (Å²) in [5.74, 6) is -0.0683. The van der Waals surface area contributed by atoms with E-state index in [1.54, 1.807) is 11.3 Å². The molecule has 0 radical (unpaired) electrons. The Balaban J connectivity index is 2.08. The van der Waals surface area contributed by atoms with E-state index in [0.717, 1.165) is 20.5 Å². The van der Waals surface area contributed by atoms with E-state index in [0.29, 0.717) is 5.82 Å². The van der Waals surface area contributed by atoms with Crippen LogP contribution in [0.2, 0.25) is 0 Å². The summed E-state index contributed by atoms with van der Waals surface area (Å²) in [5.41, 5.74) is 0.802. The molecule has 2 aromatic heterocycles. The van der Waals surface area contributed by atoms with Crippen molar-refractivity contribution < 1.29 is 9.63 Å². The number of tetrazole rings is 1. The number of thiophene rings is 1. The molecule has 1 aromatic carbocycles. The Kier molecular flexibility index (Phi) is 2.52. The van der Waals surface area contributed by atoms with E-state index in [2.05, 4.69) is 15.5 Å². The van der Waals surface area contributed by atoms with Gasteiger partial charge in [-0.05, 0) is 38.2 Å². The van der Waals surface area contributed by atoms with Gasteiger partial charge < -0.3 is 4.84 Å². The van der Waals surface area contributed by atoms with Crippen molar-refractivity contribution in [1.82, 2.24) is 20.4 Å². The molecule has 0 aliphatic carbocycles. The number of hydrogen-bond donors (Lipinski definition) is 0. The quantitative estimate of drug-likeness (QED) is 0.653. The molecule has 6 nitrogen and oxygen atoms in total. The van der Waals surface area contributed by atoms with Crippen LogP contribution in [-0.2, 0) is 4.79 Å². The van der Waals surface area contributed by atoms with Crippen LogP contribution in [0.4, 0.5) is 0 Å². The topological polar surface area (TPSA) is 69.9 Å². The molecule has 3 rings (SSSR count). The minimum atomic E-state index is -0.472. The van der Waals surface area contributed by atoms with Crippen LogP contribution in [0, 0.1) is 0 Å². The van der Waals surface area contributed by atoms with Crippen LogP contribution in [0.1, 0.15) is 6.92 Å². The lowest BCUT2D eigenvalue weighted by molar-refractivity contribution is -0.143. The molecule has 18 heavy (non-hydrogen) atoms. The van der Waals surface area contributed by atoms with Crippen LogP contribution in [0.5, 0.6) is 0 Å². The molecule has 0 spiro atoms. The summed E-state index contributed by atoms with van der Waals surface area (Å²) < 4.78 is 1.13. The second-order valence-corrected chi connectivity index (χ2v) is 4.58. The predicted octanol–water partition coefficient (Wildman–Crippen LogP) is 1.53. The summed E-state index contributed by atoms with van der Waals surface area (Å²) in [5, 5.41) is 14.2. The minimum absolute atomic E-state index is 0.403. The lowest BCUT2D eigenvalue weighted by atomic mass is 10.2. The molecule has 0 fully saturated rings. The Morgan fingerprint density at radius 3 is 3.11 bits per heavy atom. The first-order valence-electron chi connectivity index (χ1n) is 5.19. The molecule has 0 saturated heterocycles. The number of carbonyl (C=O) groups excluding carboxylic acids is 1. The van der Waals surface area contributed by atoms with E-state index in [-0.39, 0.29) is 0 Å². The highest BCUT2D eigenvalue weighted by molar-refractivity contribution is 7.17. The zero-order valence-corrected chi connectivity index (χ0v) is 10.2. The van der Waals surface area contributed by atoms with Crippen molar-refractivity contribution in [1.29, 1.82) is 0 Å². The molecule has 0 aliphatic heterocycles. The van der Waals surface area contributed by atoms with E-state index in [4.69, 9.17) is 4.84 Å². The fraction of sp³-hybridized carbons (Fsp3) is 0.0909. The highest BCUT2D eigenvalue weighted by atomic mass is 32.1. The second-order valence-electron chi connectivity index (χ2n) is 3.63. The Morgan fingerprint density at radius 2 is 2.28 bits per heavy atom. The summed E-state index contributed by atoms with van der Waals surface area (Å²) >= 11 is 1.63. The third kappa shape index (κ3) is 1.84. The number of hydrogen-bond acceptors (Lipinski definition) is 6. The number of benzene rings is 1. The maximum Gasteiger partial charge on any atom is 0.332 e. The number of carbonyl (C=O) groups is 1. The maximum atomic E-state index is 10.9. The van der Waals surface area contributed by atoms with Gasteiger partial charge in [0, 0.05) is 17.2 Å². The lowest BCUT2D eigenvalue weighted by Gasteiger charge is -2.02. The summed E-state index contributed by atoms with van der Waals surface area (Å²) in [6.07, 6.45) is 0. The van der Waals surface area contributed by atoms with Crippen LogP contribution in [-0.4, -0.2) is 26.3 Å². The molecule has 7 heteroatoms. The fourth-order valence-electron chi connectivity index (χ4n) is 1.62. The SMILES string of the molecule is CC(=O)On1nnnc1-c1ccc2ccsc2c1. The molecule has 90 valence electrons. The molecular weight excluding hydrogens is 252 g/mol. The number of aromatic nitrogens is 4. The van der Waals surface area contributed by atoms with Crippen molar-refractivity contribution in [3.05, 3.63) is 29.6 Å². The number of nitrogens with zero attached hydrogens (tertiary/aromatic N) is 4. The minimum Gasteiger partial charge on any atom is -0.316 e. The lowest BCUT2D eigenvalue weighted by Crippen LogP contribution is -2.19. The fourth-order valence-corrected chi connectivity index (χ4v) is 2.45. The average molecular weight is 260 g/mol. The predicted molar refractivity (Wildman–Crippen MR) is 65.9 cm³/mol. The average Bonchev–Trinajstić information content (AvgIpc) is 2.95. The van der Waals surface area contributed by atoms with Gasteiger partial charge in [-0.15, -0.1) is 16.4 Å². The monoisotopic (exact) mass is 260 g/mol. The third-order valence-corrected chi connectivity index (χ3v) is 3.25. The standard InChI is InChI=1S/C11H8N4O2S/c1-7(16)17-15-11(12-13-14-15)9-3-2-8-4-5-18-10(8)6-9/h2-6H,1H3. The highest BCUT2D eigenvalue weighted by Crippen LogP contribution is 2.26. The first-order chi connectivity index (χ1) is 8.74. The Hall–Kier alpha value is -2.28. The Morgan fingerprint density at radius 1 is 1.39 bits per heavy atom. The molecule has 0 N–H and O–H groups in total. The second kappa shape index (κ2) is 4.19. The van der Waals surface area contributed by atoms with E-state index < -0.39 is 5.97 Å². The third-order valence-electron chi connectivity index (χ3n) is 2.37. The summed E-state index contributed by atoms with van der Waals surface area (Å²) in [6.45, 7) is 1.30. The smallest absolute Gasteiger partial charge is 0.316 e. The first-order valence-corrected chi connectivity index (χ1v) is 6.07. The van der Waals surface area contributed by atoms with Crippen LogP contribution >= 0.6 is 11.3 Å². The van der Waals surface area contributed by atoms with Crippen molar-refractivity contribution in [3.63, 3.8) is 0 Å². The summed E-state index contributed by atoms with van der Waals surface area (Å²) in [4.78, 5) is 16.8. The van der Waals surface area contributed by atoms with Crippen LogP contribution in [0.3, 0.4) is 0 Å². The van der Waals surface area contributed by atoms with Crippen molar-refractivity contribution in [2.75, 3.05) is 0 Å². The van der Waals surface area contributed by atoms with Crippen molar-refractivity contribution in [2.24, 2.45) is 0 Å². The molecule has 0 aliphatic rings. The molecule has 0 amide bonds. The molecule has 2 heterocycles. The van der Waals surface area contributed by atoms with Gasteiger partial charge in [0.25, 0.3) is 0 Å². The summed E-state index contributed by atoms with van der Waals surface area (Å²) in [7, 11) is 0. The van der Waals surface area contributed by atoms with Gasteiger partial charge in [-0.1, -0.05) is 12.1 Å². The summed E-state index contributed by atoms with van der Waals surface area (Å²) in [6, 6.07) is 7.87. The van der Waals surface area contributed by atoms with Gasteiger partial charge in [0.1, 0.15) is 0 Å². The van der Waals surface area contributed by atoms with Gasteiger partial charge in [-0.25, -0.2) is 4.79 Å². The molecule has 0 unspecified atom stereocenters. The molecule has 0 saturated carbocycles. The van der Waals surface area contributed by atoms with Crippen molar-refractivity contribution >= 4 is 27.4 Å². The van der Waals surface area contributed by atoms with E-state index >= 15 is 0 Å². The maximum absolute atomic E-state index is 10.9. The largest absolute Gasteiger partial charge is 0.332 e. The number of rotatable bonds is 2. The molecular formula is C11H8N4O2S. The van der Waals surface area contributed by atoms with Gasteiger partial charge in [-0.2, -0.15) is 0 Å². The van der Waals surface area contributed by atoms with Gasteiger partial charge in [-0.3, -0.25) is 0 Å². The zero-order valence-electron chi connectivity index (χ0n) is 9.40. The normalized spacial score (nSPS) is 10.7. The van der Waals surface area contributed by atoms with Crippen LogP contribution < -0.4 is 4.84 Å². The number of fused-ring (bicyclic) bond motifs is 1. The Bertz CT molecular complexity index is 718. The van der Waals surface area contributed by atoms with Gasteiger partial charge in [0.2, 0.25) is 5.82 Å². The van der Waals surface area contributed by atoms with Crippen LogP contribution in [0.25, 0.3) is 21.5 Å². The molecule has 0 bridgehead atoms.